The maximum atomic E-state index is 11.3. The molecule has 0 unspecified atom stereocenters. The molecule has 0 atom stereocenters. The average Bonchev–Trinajstić information content (AvgIpc) is 2.41. The molecule has 0 fully saturated rings. The number of carbonyl (C=O) groups is 1. The number of hydrogen-bond acceptors (Lipinski definition) is 4. The molecular formula is C16H17N3O2. The fraction of sp³-hybridized carbons (Fsp3) is 0.188. The lowest BCUT2D eigenvalue weighted by Crippen LogP contribution is -2.10. The third-order valence-corrected chi connectivity index (χ3v) is 3.46. The maximum absolute atomic E-state index is 11.3. The van der Waals surface area contributed by atoms with Crippen molar-refractivity contribution in [3.63, 3.8) is 0 Å². The monoisotopic (exact) mass is 283 g/mol. The summed E-state index contributed by atoms with van der Waals surface area (Å²) in [6.07, 6.45) is 1.36. The Kier molecular flexibility index (Phi) is 3.76. The van der Waals surface area contributed by atoms with E-state index < -0.39 is 5.97 Å². The molecular weight excluding hydrogens is 266 g/mol. The molecule has 3 N–H and O–H groups in total. The van der Waals surface area contributed by atoms with Crippen molar-refractivity contribution in [3.05, 3.63) is 46.7 Å². The van der Waals surface area contributed by atoms with Crippen LogP contribution in [0.3, 0.4) is 0 Å². The molecule has 5 heteroatoms. The van der Waals surface area contributed by atoms with Crippen molar-refractivity contribution >= 4 is 17.9 Å². The Morgan fingerprint density at radius 2 is 1.81 bits per heavy atom. The van der Waals surface area contributed by atoms with Crippen LogP contribution in [0.4, 0.5) is 5.82 Å². The lowest BCUT2D eigenvalue weighted by atomic mass is 10.00. The number of carboxylic acid groups (broad SMARTS) is 1. The number of nitrogen functional groups attached to an aromatic ring is 1. The van der Waals surface area contributed by atoms with E-state index in [1.54, 1.807) is 0 Å². The number of aryl methyl sites for hydroxylation is 3. The van der Waals surface area contributed by atoms with Crippen molar-refractivity contribution in [2.75, 3.05) is 5.73 Å². The fourth-order valence-corrected chi connectivity index (χ4v) is 2.17. The second-order valence-corrected chi connectivity index (χ2v) is 4.96. The summed E-state index contributed by atoms with van der Waals surface area (Å²) in [6, 6.07) is 3.96. The standard InChI is InChI=1S/C16H17N3O2/c1-5-11-13(16(20)21)18-15(19-14(11)17)12-7-9(3)8(2)6-10(12)4/h5-7H,1H2,2-4H3,(H,20,21)(H2,17,18,19). The Morgan fingerprint density at radius 3 is 2.38 bits per heavy atom. The number of rotatable bonds is 3. The summed E-state index contributed by atoms with van der Waals surface area (Å²) in [5.41, 5.74) is 9.95. The first-order valence-corrected chi connectivity index (χ1v) is 6.46. The van der Waals surface area contributed by atoms with Gasteiger partial charge >= 0.3 is 5.97 Å². The van der Waals surface area contributed by atoms with Crippen LogP contribution in [0.25, 0.3) is 17.5 Å². The number of carboxylic acids is 1. The molecule has 0 radical (unpaired) electrons. The van der Waals surface area contributed by atoms with Gasteiger partial charge in [0.25, 0.3) is 0 Å². The Bertz CT molecular complexity index is 752. The number of benzene rings is 1. The molecule has 0 saturated heterocycles. The highest BCUT2D eigenvalue weighted by Gasteiger charge is 2.18. The Balaban J connectivity index is 2.74. The van der Waals surface area contributed by atoms with Gasteiger partial charge in [-0.15, -0.1) is 0 Å². The second-order valence-electron chi connectivity index (χ2n) is 4.96. The van der Waals surface area contributed by atoms with Gasteiger partial charge in [0, 0.05) is 11.1 Å². The van der Waals surface area contributed by atoms with E-state index in [4.69, 9.17) is 5.73 Å². The van der Waals surface area contributed by atoms with Crippen molar-refractivity contribution in [1.82, 2.24) is 9.97 Å². The predicted octanol–water partition coefficient (Wildman–Crippen LogP) is 2.99. The highest BCUT2D eigenvalue weighted by molar-refractivity contribution is 5.92. The molecule has 2 rings (SSSR count). The van der Waals surface area contributed by atoms with E-state index in [9.17, 15) is 9.90 Å². The van der Waals surface area contributed by atoms with Crippen LogP contribution in [-0.2, 0) is 0 Å². The molecule has 1 aromatic heterocycles. The largest absolute Gasteiger partial charge is 0.476 e. The summed E-state index contributed by atoms with van der Waals surface area (Å²) < 4.78 is 0. The van der Waals surface area contributed by atoms with Crippen LogP contribution in [0, 0.1) is 20.8 Å². The quantitative estimate of drug-likeness (QED) is 0.903. The maximum Gasteiger partial charge on any atom is 0.355 e. The molecule has 2 aromatic rings. The smallest absolute Gasteiger partial charge is 0.355 e. The molecule has 0 aliphatic heterocycles. The van der Waals surface area contributed by atoms with Gasteiger partial charge in [0.2, 0.25) is 0 Å². The molecule has 0 amide bonds. The molecule has 0 saturated carbocycles. The highest BCUT2D eigenvalue weighted by atomic mass is 16.4. The number of aromatic nitrogens is 2. The Morgan fingerprint density at radius 1 is 1.19 bits per heavy atom. The second kappa shape index (κ2) is 5.36. The zero-order chi connectivity index (χ0) is 15.7. The lowest BCUT2D eigenvalue weighted by molar-refractivity contribution is 0.0690. The number of nitrogens with two attached hydrogens (primary N) is 1. The van der Waals surface area contributed by atoms with Gasteiger partial charge in [0.15, 0.2) is 11.5 Å². The number of nitrogens with zero attached hydrogens (tertiary/aromatic N) is 2. The molecule has 21 heavy (non-hydrogen) atoms. The topological polar surface area (TPSA) is 89.1 Å². The van der Waals surface area contributed by atoms with E-state index >= 15 is 0 Å². The van der Waals surface area contributed by atoms with Crippen molar-refractivity contribution in [3.8, 4) is 11.4 Å². The summed E-state index contributed by atoms with van der Waals surface area (Å²) in [5, 5.41) is 9.27. The zero-order valence-corrected chi connectivity index (χ0v) is 12.3. The summed E-state index contributed by atoms with van der Waals surface area (Å²) in [4.78, 5) is 19.7. The van der Waals surface area contributed by atoms with Crippen molar-refractivity contribution in [2.45, 2.75) is 20.8 Å². The molecule has 0 bridgehead atoms. The van der Waals surface area contributed by atoms with Crippen molar-refractivity contribution in [2.24, 2.45) is 0 Å². The van der Waals surface area contributed by atoms with Gasteiger partial charge in [-0.05, 0) is 43.5 Å². The predicted molar refractivity (Wildman–Crippen MR) is 83.1 cm³/mol. The number of anilines is 1. The first-order chi connectivity index (χ1) is 9.85. The van der Waals surface area contributed by atoms with Crippen molar-refractivity contribution in [1.29, 1.82) is 0 Å². The van der Waals surface area contributed by atoms with E-state index in [0.717, 1.165) is 22.3 Å². The van der Waals surface area contributed by atoms with Crippen LogP contribution < -0.4 is 5.73 Å². The van der Waals surface area contributed by atoms with Gasteiger partial charge in [0.05, 0.1) is 0 Å². The first kappa shape index (κ1) is 14.7. The molecule has 0 spiro atoms. The average molecular weight is 283 g/mol. The highest BCUT2D eigenvalue weighted by Crippen LogP contribution is 2.26. The van der Waals surface area contributed by atoms with Gasteiger partial charge in [-0.3, -0.25) is 0 Å². The lowest BCUT2D eigenvalue weighted by Gasteiger charge is -2.11. The number of aromatic carboxylic acids is 1. The SMILES string of the molecule is C=Cc1c(N)nc(-c2cc(C)c(C)cc2C)nc1C(=O)O. The van der Waals surface area contributed by atoms with Gasteiger partial charge in [-0.25, -0.2) is 14.8 Å². The fourth-order valence-electron chi connectivity index (χ4n) is 2.17. The molecule has 0 aliphatic rings. The first-order valence-electron chi connectivity index (χ1n) is 6.46. The minimum atomic E-state index is -1.15. The summed E-state index contributed by atoms with van der Waals surface area (Å²) >= 11 is 0. The minimum absolute atomic E-state index is 0.116. The van der Waals surface area contributed by atoms with Gasteiger partial charge in [0.1, 0.15) is 5.82 Å². The van der Waals surface area contributed by atoms with E-state index in [0.29, 0.717) is 5.82 Å². The molecule has 0 aliphatic carbocycles. The van der Waals surface area contributed by atoms with E-state index in [-0.39, 0.29) is 17.1 Å². The van der Waals surface area contributed by atoms with Crippen LogP contribution in [0.15, 0.2) is 18.7 Å². The summed E-state index contributed by atoms with van der Waals surface area (Å²) in [6.45, 7) is 9.49. The van der Waals surface area contributed by atoms with E-state index in [1.807, 2.05) is 32.9 Å². The third kappa shape index (κ3) is 2.63. The Hall–Kier alpha value is -2.69. The zero-order valence-electron chi connectivity index (χ0n) is 12.3. The van der Waals surface area contributed by atoms with Gasteiger partial charge < -0.3 is 10.8 Å². The minimum Gasteiger partial charge on any atom is -0.476 e. The van der Waals surface area contributed by atoms with Crippen LogP contribution in [0.1, 0.15) is 32.7 Å². The molecule has 108 valence electrons. The van der Waals surface area contributed by atoms with Crippen LogP contribution >= 0.6 is 0 Å². The number of hydrogen-bond donors (Lipinski definition) is 2. The normalized spacial score (nSPS) is 10.4. The van der Waals surface area contributed by atoms with E-state index in [2.05, 4.69) is 16.5 Å². The summed E-state index contributed by atoms with van der Waals surface area (Å²) in [7, 11) is 0. The van der Waals surface area contributed by atoms with Crippen LogP contribution in [0.5, 0.6) is 0 Å². The molecule has 5 nitrogen and oxygen atoms in total. The summed E-state index contributed by atoms with van der Waals surface area (Å²) in [5.74, 6) is -0.720. The third-order valence-electron chi connectivity index (χ3n) is 3.46. The van der Waals surface area contributed by atoms with E-state index in [1.165, 1.54) is 6.08 Å². The van der Waals surface area contributed by atoms with Gasteiger partial charge in [-0.2, -0.15) is 0 Å². The molecule has 1 heterocycles. The van der Waals surface area contributed by atoms with Gasteiger partial charge in [-0.1, -0.05) is 18.7 Å². The van der Waals surface area contributed by atoms with Crippen LogP contribution in [-0.4, -0.2) is 21.0 Å². The molecule has 1 aromatic carbocycles. The Labute approximate surface area is 123 Å². The van der Waals surface area contributed by atoms with Crippen molar-refractivity contribution < 1.29 is 9.90 Å². The van der Waals surface area contributed by atoms with Crippen LogP contribution in [0.2, 0.25) is 0 Å².